The Balaban J connectivity index is 2.36. The van der Waals surface area contributed by atoms with Crippen molar-refractivity contribution in [3.63, 3.8) is 0 Å². The van der Waals surface area contributed by atoms with E-state index in [1.165, 1.54) is 4.90 Å². The lowest BCUT2D eigenvalue weighted by atomic mass is 10.1. The summed E-state index contributed by atoms with van der Waals surface area (Å²) in [5, 5.41) is 5.24. The van der Waals surface area contributed by atoms with Crippen molar-refractivity contribution in [3.05, 3.63) is 29.8 Å². The number of hydrogen-bond acceptors (Lipinski definition) is 3. The minimum absolute atomic E-state index is 0.0332. The lowest BCUT2D eigenvalue weighted by Crippen LogP contribution is -2.34. The summed E-state index contributed by atoms with van der Waals surface area (Å²) in [6.07, 6.45) is 7.29. The van der Waals surface area contributed by atoms with E-state index in [9.17, 15) is 14.4 Å². The lowest BCUT2D eigenvalue weighted by Gasteiger charge is -2.17. The molecule has 1 aromatic rings. The number of nitrogens with zero attached hydrogens (tertiary/aromatic N) is 1. The minimum Gasteiger partial charge on any atom is -0.359 e. The standard InChI is InChI=1S/C18H23N3O3/c1-4-14-8-7-9-15(12-14)20-17(23)13-21(3)18(24)11-6-5-10-16(22)19-2/h1,7-9,12H,5-6,10-11,13H2,2-3H3,(H,19,22)(H,20,23). The highest BCUT2D eigenvalue weighted by Gasteiger charge is 2.13. The number of benzene rings is 1. The molecule has 0 spiro atoms. The van der Waals surface area contributed by atoms with E-state index in [1.807, 2.05) is 0 Å². The predicted octanol–water partition coefficient (Wildman–Crippen LogP) is 1.37. The van der Waals surface area contributed by atoms with Crippen molar-refractivity contribution in [2.24, 2.45) is 0 Å². The second kappa shape index (κ2) is 10.1. The number of carbonyl (C=O) groups is 3. The molecule has 6 nitrogen and oxygen atoms in total. The molecule has 128 valence electrons. The third-order valence-electron chi connectivity index (χ3n) is 3.44. The second-order valence-corrected chi connectivity index (χ2v) is 5.40. The maximum absolute atomic E-state index is 12.0. The molecule has 24 heavy (non-hydrogen) atoms. The monoisotopic (exact) mass is 329 g/mol. The highest BCUT2D eigenvalue weighted by molar-refractivity contribution is 5.94. The van der Waals surface area contributed by atoms with Crippen LogP contribution in [0.3, 0.4) is 0 Å². The Morgan fingerprint density at radius 2 is 1.88 bits per heavy atom. The van der Waals surface area contributed by atoms with Crippen molar-refractivity contribution in [3.8, 4) is 12.3 Å². The Morgan fingerprint density at radius 1 is 1.17 bits per heavy atom. The normalized spacial score (nSPS) is 9.71. The van der Waals surface area contributed by atoms with Crippen LogP contribution in [0, 0.1) is 12.3 Å². The van der Waals surface area contributed by atoms with E-state index in [0.717, 1.165) is 0 Å². The minimum atomic E-state index is -0.287. The van der Waals surface area contributed by atoms with Gasteiger partial charge < -0.3 is 15.5 Å². The van der Waals surface area contributed by atoms with Crippen LogP contribution in [0.4, 0.5) is 5.69 Å². The number of rotatable bonds is 8. The zero-order valence-corrected chi connectivity index (χ0v) is 14.1. The summed E-state index contributed by atoms with van der Waals surface area (Å²) in [6.45, 7) is -0.0332. The van der Waals surface area contributed by atoms with Crippen molar-refractivity contribution in [1.29, 1.82) is 0 Å². The van der Waals surface area contributed by atoms with Crippen molar-refractivity contribution in [2.45, 2.75) is 25.7 Å². The summed E-state index contributed by atoms with van der Waals surface area (Å²) in [6, 6.07) is 6.95. The highest BCUT2D eigenvalue weighted by Crippen LogP contribution is 2.10. The summed E-state index contributed by atoms with van der Waals surface area (Å²) in [5.74, 6) is 2.05. The first-order valence-corrected chi connectivity index (χ1v) is 7.77. The molecule has 0 bridgehead atoms. The Morgan fingerprint density at radius 3 is 2.54 bits per heavy atom. The van der Waals surface area contributed by atoms with Gasteiger partial charge in [0, 0.05) is 38.2 Å². The molecule has 0 aromatic heterocycles. The first-order valence-electron chi connectivity index (χ1n) is 7.77. The average molecular weight is 329 g/mol. The van der Waals surface area contributed by atoms with Crippen LogP contribution in [0.2, 0.25) is 0 Å². The second-order valence-electron chi connectivity index (χ2n) is 5.40. The predicted molar refractivity (Wildman–Crippen MR) is 93.2 cm³/mol. The van der Waals surface area contributed by atoms with Crippen molar-refractivity contribution in [1.82, 2.24) is 10.2 Å². The van der Waals surface area contributed by atoms with Crippen LogP contribution in [-0.2, 0) is 14.4 Å². The molecule has 1 rings (SSSR count). The maximum Gasteiger partial charge on any atom is 0.243 e. The number of carbonyl (C=O) groups excluding carboxylic acids is 3. The van der Waals surface area contributed by atoms with E-state index < -0.39 is 0 Å². The van der Waals surface area contributed by atoms with Gasteiger partial charge in [0.15, 0.2) is 0 Å². The van der Waals surface area contributed by atoms with Gasteiger partial charge in [0.25, 0.3) is 0 Å². The summed E-state index contributed by atoms with van der Waals surface area (Å²) in [7, 11) is 3.16. The summed E-state index contributed by atoms with van der Waals surface area (Å²) in [5.41, 5.74) is 1.27. The zero-order chi connectivity index (χ0) is 17.9. The van der Waals surface area contributed by atoms with E-state index in [-0.39, 0.29) is 24.3 Å². The molecule has 0 aliphatic rings. The molecule has 2 N–H and O–H groups in total. The summed E-state index contributed by atoms with van der Waals surface area (Å²) < 4.78 is 0. The van der Waals surface area contributed by atoms with Crippen molar-refractivity contribution in [2.75, 3.05) is 26.0 Å². The number of likely N-dealkylation sites (N-methyl/N-ethyl adjacent to an activating group) is 1. The van der Waals surface area contributed by atoms with Gasteiger partial charge in [-0.3, -0.25) is 14.4 Å². The molecule has 0 heterocycles. The van der Waals surface area contributed by atoms with Gasteiger partial charge in [-0.1, -0.05) is 12.0 Å². The Labute approximate surface area is 142 Å². The average Bonchev–Trinajstić information content (AvgIpc) is 2.58. The summed E-state index contributed by atoms with van der Waals surface area (Å²) >= 11 is 0. The molecule has 0 atom stereocenters. The fourth-order valence-corrected chi connectivity index (χ4v) is 2.07. The first-order chi connectivity index (χ1) is 11.5. The van der Waals surface area contributed by atoms with E-state index in [1.54, 1.807) is 38.4 Å². The molecule has 0 aliphatic carbocycles. The van der Waals surface area contributed by atoms with Crippen LogP contribution in [-0.4, -0.2) is 43.3 Å². The largest absolute Gasteiger partial charge is 0.359 e. The van der Waals surface area contributed by atoms with Gasteiger partial charge in [-0.2, -0.15) is 0 Å². The van der Waals surface area contributed by atoms with Crippen LogP contribution in [0.5, 0.6) is 0 Å². The van der Waals surface area contributed by atoms with Gasteiger partial charge in [0.2, 0.25) is 17.7 Å². The van der Waals surface area contributed by atoms with Crippen LogP contribution in [0.25, 0.3) is 0 Å². The SMILES string of the molecule is C#Cc1cccc(NC(=O)CN(C)C(=O)CCCCC(=O)NC)c1. The molecular formula is C18H23N3O3. The van der Waals surface area contributed by atoms with Gasteiger partial charge in [-0.25, -0.2) is 0 Å². The Bertz CT molecular complexity index is 635. The number of terminal acetylenes is 1. The van der Waals surface area contributed by atoms with Crippen molar-refractivity contribution < 1.29 is 14.4 Å². The zero-order valence-electron chi connectivity index (χ0n) is 14.1. The topological polar surface area (TPSA) is 78.5 Å². The fraction of sp³-hybridized carbons (Fsp3) is 0.389. The fourth-order valence-electron chi connectivity index (χ4n) is 2.07. The third kappa shape index (κ3) is 6.97. The number of anilines is 1. The van der Waals surface area contributed by atoms with E-state index in [4.69, 9.17) is 6.42 Å². The third-order valence-corrected chi connectivity index (χ3v) is 3.44. The highest BCUT2D eigenvalue weighted by atomic mass is 16.2. The molecule has 0 saturated carbocycles. The number of unbranched alkanes of at least 4 members (excludes halogenated alkanes) is 1. The van der Waals surface area contributed by atoms with Crippen LogP contribution in [0.15, 0.2) is 24.3 Å². The van der Waals surface area contributed by atoms with Crippen LogP contribution >= 0.6 is 0 Å². The molecule has 0 unspecified atom stereocenters. The smallest absolute Gasteiger partial charge is 0.243 e. The van der Waals surface area contributed by atoms with Gasteiger partial charge in [-0.05, 0) is 31.0 Å². The lowest BCUT2D eigenvalue weighted by molar-refractivity contribution is -0.133. The Kier molecular flexibility index (Phi) is 8.06. The number of amides is 3. The maximum atomic E-state index is 12.0. The first kappa shape index (κ1) is 19.2. The molecule has 6 heteroatoms. The molecule has 1 aromatic carbocycles. The number of hydrogen-bond donors (Lipinski definition) is 2. The van der Waals surface area contributed by atoms with E-state index in [0.29, 0.717) is 36.9 Å². The molecule has 0 aliphatic heterocycles. The van der Waals surface area contributed by atoms with E-state index in [2.05, 4.69) is 16.6 Å². The van der Waals surface area contributed by atoms with Gasteiger partial charge in [0.05, 0.1) is 6.54 Å². The molecule has 0 fully saturated rings. The van der Waals surface area contributed by atoms with Gasteiger partial charge in [-0.15, -0.1) is 6.42 Å². The summed E-state index contributed by atoms with van der Waals surface area (Å²) in [4.78, 5) is 36.4. The number of nitrogens with one attached hydrogen (secondary N) is 2. The van der Waals surface area contributed by atoms with Gasteiger partial charge >= 0.3 is 0 Å². The van der Waals surface area contributed by atoms with Gasteiger partial charge in [0.1, 0.15) is 0 Å². The molecular weight excluding hydrogens is 306 g/mol. The van der Waals surface area contributed by atoms with Crippen LogP contribution in [0.1, 0.15) is 31.2 Å². The molecule has 0 radical (unpaired) electrons. The molecule has 0 saturated heterocycles. The van der Waals surface area contributed by atoms with Crippen molar-refractivity contribution >= 4 is 23.4 Å². The van der Waals surface area contributed by atoms with E-state index >= 15 is 0 Å². The quantitative estimate of drug-likeness (QED) is 0.558. The van der Waals surface area contributed by atoms with Crippen LogP contribution < -0.4 is 10.6 Å². The molecule has 3 amide bonds. The Hall–Kier alpha value is -2.81.